The number of hydrogen-bond acceptors (Lipinski definition) is 13. The predicted octanol–water partition coefficient (Wildman–Crippen LogP) is -5.45. The molecule has 2 rings (SSSR count). The fourth-order valence-electron chi connectivity index (χ4n) is 6.43. The largest absolute Gasteiger partial charge is 0.480 e. The number of carbonyl (C=O) groups excluding carboxylic acids is 7. The van der Waals surface area contributed by atoms with E-state index in [1.54, 1.807) is 0 Å². The highest BCUT2D eigenvalue weighted by Gasteiger charge is 2.44. The minimum absolute atomic E-state index is 0.0166. The Hall–Kier alpha value is -5.04. The molecule has 0 spiro atoms. The van der Waals surface area contributed by atoms with Crippen LogP contribution in [0.4, 0.5) is 0 Å². The number of carbonyl (C=O) groups is 8. The van der Waals surface area contributed by atoms with Gasteiger partial charge in [0.25, 0.3) is 0 Å². The lowest BCUT2D eigenvalue weighted by Crippen LogP contribution is -2.59. The smallest absolute Gasteiger partial charge is 0.327 e. The van der Waals surface area contributed by atoms with Crippen molar-refractivity contribution in [3.05, 3.63) is 0 Å². The lowest BCUT2D eigenvalue weighted by molar-refractivity contribution is -0.148. The van der Waals surface area contributed by atoms with Gasteiger partial charge >= 0.3 is 5.97 Å². The van der Waals surface area contributed by atoms with Crippen molar-refractivity contribution in [1.82, 2.24) is 31.1 Å². The molecule has 0 saturated carbocycles. The highest BCUT2D eigenvalue weighted by molar-refractivity contribution is 7.80. The summed E-state index contributed by atoms with van der Waals surface area (Å²) in [5, 5.41) is 19.6. The number of aliphatic carboxylic acids is 1. The van der Waals surface area contributed by atoms with E-state index in [4.69, 9.17) is 34.4 Å². The molecule has 25 heteroatoms. The highest BCUT2D eigenvalue weighted by atomic mass is 32.1. The lowest BCUT2D eigenvalue weighted by atomic mass is 10.1. The maximum atomic E-state index is 14.2. The van der Waals surface area contributed by atoms with Gasteiger partial charge in [0, 0.05) is 44.1 Å². The van der Waals surface area contributed by atoms with E-state index in [1.807, 2.05) is 0 Å². The third kappa shape index (κ3) is 15.7. The number of guanidine groups is 2. The van der Waals surface area contributed by atoms with Gasteiger partial charge in [-0.2, -0.15) is 25.3 Å². The molecule has 0 aromatic rings. The van der Waals surface area contributed by atoms with Gasteiger partial charge in [0.15, 0.2) is 11.9 Å². The summed E-state index contributed by atoms with van der Waals surface area (Å²) in [7, 11) is 0. The minimum atomic E-state index is -1.33. The van der Waals surface area contributed by atoms with Gasteiger partial charge in [0.05, 0.1) is 6.04 Å². The molecule has 0 unspecified atom stereocenters. The van der Waals surface area contributed by atoms with Crippen LogP contribution >= 0.6 is 25.3 Å². The molecule has 0 aliphatic carbocycles. The zero-order valence-corrected chi connectivity index (χ0v) is 34.0. The first-order chi connectivity index (χ1) is 27.4. The van der Waals surface area contributed by atoms with Crippen LogP contribution in [-0.4, -0.2) is 154 Å². The summed E-state index contributed by atoms with van der Waals surface area (Å²) in [6.07, 6.45) is 1.40. The molecule has 0 radical (unpaired) electrons. The molecule has 0 aromatic heterocycles. The Kier molecular flexibility index (Phi) is 20.9. The molecular weight excluding hydrogens is 801 g/mol. The van der Waals surface area contributed by atoms with Crippen molar-refractivity contribution < 1.29 is 43.5 Å². The fraction of sp³-hybridized carbons (Fsp3) is 0.697. The van der Waals surface area contributed by atoms with E-state index in [0.29, 0.717) is 12.8 Å². The van der Waals surface area contributed by atoms with E-state index in [2.05, 4.69) is 56.5 Å². The Bertz CT molecular complexity index is 1550. The van der Waals surface area contributed by atoms with Crippen molar-refractivity contribution in [3.63, 3.8) is 0 Å². The quantitative estimate of drug-likeness (QED) is 0.0187. The van der Waals surface area contributed by atoms with Crippen LogP contribution in [0.15, 0.2) is 9.98 Å². The normalized spacial score (nSPS) is 18.7. The molecule has 0 bridgehead atoms. The topological polar surface area (TPSA) is 392 Å². The molecule has 0 aromatic carbocycles. The van der Waals surface area contributed by atoms with Gasteiger partial charge in [-0.3, -0.25) is 43.5 Å². The molecule has 326 valence electrons. The van der Waals surface area contributed by atoms with Crippen molar-refractivity contribution in [3.8, 4) is 0 Å². The van der Waals surface area contributed by atoms with E-state index in [-0.39, 0.29) is 101 Å². The zero-order chi connectivity index (χ0) is 43.5. The molecule has 2 fully saturated rings. The van der Waals surface area contributed by atoms with Gasteiger partial charge in [0.2, 0.25) is 41.4 Å². The van der Waals surface area contributed by atoms with Crippen LogP contribution in [0.2, 0.25) is 0 Å². The molecule has 2 aliphatic heterocycles. The van der Waals surface area contributed by atoms with E-state index in [1.165, 1.54) is 9.80 Å². The molecule has 2 heterocycles. The SMILES string of the molecule is NC(=O)CC[C@H](NC(=O)[C@@H](N)CS)C(=O)N[C@@H](CCCN=C(N)N)C(=O)N1CCC[C@H]1C(=O)N1CCC[C@H]1C(=O)N[C@@H](CCCN=C(N)N)C(=O)N[C@@H](CS)C(=O)O. The Morgan fingerprint density at radius 3 is 1.67 bits per heavy atom. The third-order valence-electron chi connectivity index (χ3n) is 9.44. The Labute approximate surface area is 346 Å². The molecular formula is C33H58N14O9S2. The summed E-state index contributed by atoms with van der Waals surface area (Å²) < 4.78 is 0. The van der Waals surface area contributed by atoms with Gasteiger partial charge in [-0.05, 0) is 57.8 Å². The Balaban J connectivity index is 2.32. The number of aliphatic imine (C=N–C) groups is 2. The molecule has 2 aliphatic rings. The van der Waals surface area contributed by atoms with Crippen LogP contribution in [0.5, 0.6) is 0 Å². The zero-order valence-electron chi connectivity index (χ0n) is 32.2. The average Bonchev–Trinajstić information content (AvgIpc) is 3.87. The number of thiol groups is 2. The number of carboxylic acid groups (broad SMARTS) is 1. The molecule has 17 N–H and O–H groups in total. The summed E-state index contributed by atoms with van der Waals surface area (Å²) in [6.45, 7) is 0.546. The maximum absolute atomic E-state index is 14.2. The molecule has 7 amide bonds. The number of nitrogens with one attached hydrogen (secondary N) is 4. The number of primary amides is 1. The van der Waals surface area contributed by atoms with Gasteiger partial charge in [0.1, 0.15) is 36.3 Å². The molecule has 58 heavy (non-hydrogen) atoms. The van der Waals surface area contributed by atoms with Crippen LogP contribution in [-0.2, 0) is 38.4 Å². The van der Waals surface area contributed by atoms with Crippen molar-refractivity contribution in [2.45, 2.75) is 107 Å². The lowest BCUT2D eigenvalue weighted by Gasteiger charge is -2.33. The highest BCUT2D eigenvalue weighted by Crippen LogP contribution is 2.26. The second-order valence-electron chi connectivity index (χ2n) is 13.8. The number of rotatable bonds is 24. The van der Waals surface area contributed by atoms with Crippen LogP contribution in [0, 0.1) is 0 Å². The van der Waals surface area contributed by atoms with Crippen molar-refractivity contribution in [1.29, 1.82) is 0 Å². The van der Waals surface area contributed by atoms with E-state index in [9.17, 15) is 43.5 Å². The predicted molar refractivity (Wildman–Crippen MR) is 219 cm³/mol. The van der Waals surface area contributed by atoms with Crippen LogP contribution < -0.4 is 55.7 Å². The van der Waals surface area contributed by atoms with Crippen molar-refractivity contribution >= 4 is 84.5 Å². The number of nitrogens with two attached hydrogens (primary N) is 6. The van der Waals surface area contributed by atoms with Crippen LogP contribution in [0.1, 0.15) is 64.2 Å². The Morgan fingerprint density at radius 1 is 0.655 bits per heavy atom. The maximum Gasteiger partial charge on any atom is 0.327 e. The number of carboxylic acids is 1. The monoisotopic (exact) mass is 858 g/mol. The average molecular weight is 859 g/mol. The Morgan fingerprint density at radius 2 is 1.16 bits per heavy atom. The third-order valence-corrected chi connectivity index (χ3v) is 10.2. The standard InChI is InChI=1S/C33H58N14O9S2/c34-17(15-57)25(49)42-19(9-10-24(35)48)27(51)44-20(6-2-12-41-33(38)39)29(53)47-14-4-8-23(47)30(54)46-13-3-7-22(46)28(52)43-18(5-1-11-40-32(36)37)26(50)45-21(16-58)31(55)56/h17-23,57-58H,1-16,34H2,(H2,35,48)(H,42,49)(H,43,52)(H,44,51)(H,45,50)(H,55,56)(H4,36,37,40)(H4,38,39,41)/t17-,18-,19-,20-,21-,22-,23-/m0/s1. The first-order valence-electron chi connectivity index (χ1n) is 18.8. The minimum Gasteiger partial charge on any atom is -0.480 e. The second kappa shape index (κ2) is 24.7. The fourth-order valence-corrected chi connectivity index (χ4v) is 6.84. The summed E-state index contributed by atoms with van der Waals surface area (Å²) in [5.41, 5.74) is 32.7. The van der Waals surface area contributed by atoms with Crippen molar-refractivity contribution in [2.75, 3.05) is 37.7 Å². The summed E-state index contributed by atoms with van der Waals surface area (Å²) in [4.78, 5) is 115. The number of likely N-dealkylation sites (tertiary alicyclic amines) is 2. The number of amides is 7. The summed E-state index contributed by atoms with van der Waals surface area (Å²) >= 11 is 7.98. The first kappa shape index (κ1) is 49.1. The first-order valence-corrected chi connectivity index (χ1v) is 20.1. The second-order valence-corrected chi connectivity index (χ2v) is 14.6. The van der Waals surface area contributed by atoms with Gasteiger partial charge < -0.3 is 70.6 Å². The number of hydrogen-bond donors (Lipinski definition) is 13. The number of nitrogens with zero attached hydrogens (tertiary/aromatic N) is 4. The van der Waals surface area contributed by atoms with E-state index < -0.39 is 89.6 Å². The van der Waals surface area contributed by atoms with Gasteiger partial charge in [-0.15, -0.1) is 0 Å². The van der Waals surface area contributed by atoms with E-state index in [0.717, 1.165) is 0 Å². The molecule has 2 saturated heterocycles. The molecule has 23 nitrogen and oxygen atoms in total. The van der Waals surface area contributed by atoms with E-state index >= 15 is 0 Å². The van der Waals surface area contributed by atoms with Crippen LogP contribution in [0.3, 0.4) is 0 Å². The summed E-state index contributed by atoms with van der Waals surface area (Å²) in [5.74, 6) is -6.76. The summed E-state index contributed by atoms with van der Waals surface area (Å²) in [6, 6.07) is -8.18. The van der Waals surface area contributed by atoms with Crippen molar-refractivity contribution in [2.24, 2.45) is 44.4 Å². The van der Waals surface area contributed by atoms with Gasteiger partial charge in [-0.25, -0.2) is 4.79 Å². The molecule has 7 atom stereocenters. The van der Waals surface area contributed by atoms with Gasteiger partial charge in [-0.1, -0.05) is 0 Å². The van der Waals surface area contributed by atoms with Crippen LogP contribution in [0.25, 0.3) is 0 Å².